The highest BCUT2D eigenvalue weighted by Gasteiger charge is 2.56. The van der Waals surface area contributed by atoms with Crippen LogP contribution in [0.3, 0.4) is 0 Å². The van der Waals surface area contributed by atoms with Gasteiger partial charge in [0, 0.05) is 12.5 Å². The summed E-state index contributed by atoms with van der Waals surface area (Å²) in [6.07, 6.45) is 3.01. The Morgan fingerprint density at radius 2 is 2.08 bits per heavy atom. The lowest BCUT2D eigenvalue weighted by molar-refractivity contribution is -0.113. The summed E-state index contributed by atoms with van der Waals surface area (Å²) in [5, 5.41) is 10.4. The van der Waals surface area contributed by atoms with Gasteiger partial charge in [-0.3, -0.25) is 0 Å². The van der Waals surface area contributed by atoms with E-state index < -0.39 is 11.2 Å². The van der Waals surface area contributed by atoms with Crippen molar-refractivity contribution >= 4 is 0 Å². The molecule has 2 rings (SSSR count). The quantitative estimate of drug-likeness (QED) is 0.664. The van der Waals surface area contributed by atoms with Crippen LogP contribution < -0.4 is 5.73 Å². The smallest absolute Gasteiger partial charge is 0.110 e. The van der Waals surface area contributed by atoms with Crippen molar-refractivity contribution in [2.45, 2.75) is 50.4 Å². The van der Waals surface area contributed by atoms with E-state index in [-0.39, 0.29) is 6.04 Å². The molecule has 76 valence electrons. The molecule has 0 aromatic rings. The molecule has 1 saturated heterocycles. The van der Waals surface area contributed by atoms with Crippen molar-refractivity contribution in [2.24, 2.45) is 11.7 Å². The van der Waals surface area contributed by atoms with E-state index in [0.717, 1.165) is 0 Å². The summed E-state index contributed by atoms with van der Waals surface area (Å²) in [6, 6.07) is -0.106. The predicted octanol–water partition coefficient (Wildman–Crippen LogP) is 0.654. The highest BCUT2D eigenvalue weighted by atomic mass is 16.5. The van der Waals surface area contributed by atoms with Crippen LogP contribution in [0.2, 0.25) is 0 Å². The molecule has 13 heavy (non-hydrogen) atoms. The largest absolute Gasteiger partial charge is 0.385 e. The Labute approximate surface area is 79.3 Å². The average molecular weight is 185 g/mol. The molecule has 2 fully saturated rings. The Hall–Kier alpha value is -0.120. The second-order valence-corrected chi connectivity index (χ2v) is 4.90. The van der Waals surface area contributed by atoms with Crippen LogP contribution in [0.1, 0.15) is 33.1 Å². The third-order valence-electron chi connectivity index (χ3n) is 3.67. The predicted molar refractivity (Wildman–Crippen MR) is 50.3 cm³/mol. The molecule has 0 aromatic carbocycles. The van der Waals surface area contributed by atoms with Crippen molar-refractivity contribution in [1.29, 1.82) is 0 Å². The van der Waals surface area contributed by atoms with Crippen LogP contribution in [0.25, 0.3) is 0 Å². The maximum absolute atomic E-state index is 10.4. The molecule has 3 heteroatoms. The number of ether oxygens (including phenoxy) is 1. The van der Waals surface area contributed by atoms with Gasteiger partial charge in [-0.15, -0.1) is 0 Å². The van der Waals surface area contributed by atoms with E-state index in [1.54, 1.807) is 0 Å². The van der Waals surface area contributed by atoms with Gasteiger partial charge in [0.15, 0.2) is 0 Å². The summed E-state index contributed by atoms with van der Waals surface area (Å²) >= 11 is 0. The summed E-state index contributed by atoms with van der Waals surface area (Å²) in [6.45, 7) is 4.49. The monoisotopic (exact) mass is 185 g/mol. The van der Waals surface area contributed by atoms with Gasteiger partial charge in [-0.2, -0.15) is 0 Å². The van der Waals surface area contributed by atoms with Gasteiger partial charge in [0.25, 0.3) is 0 Å². The molecule has 2 unspecified atom stereocenters. The lowest BCUT2D eigenvalue weighted by Gasteiger charge is -2.39. The van der Waals surface area contributed by atoms with Crippen LogP contribution in [-0.4, -0.2) is 29.0 Å². The first-order valence-electron chi connectivity index (χ1n) is 5.09. The van der Waals surface area contributed by atoms with Crippen LogP contribution in [0.15, 0.2) is 0 Å². The molecule has 2 aliphatic rings. The van der Waals surface area contributed by atoms with Crippen molar-refractivity contribution in [2.75, 3.05) is 6.61 Å². The van der Waals surface area contributed by atoms with Gasteiger partial charge in [-0.05, 0) is 32.6 Å². The van der Waals surface area contributed by atoms with Crippen LogP contribution in [-0.2, 0) is 4.74 Å². The minimum atomic E-state index is -0.811. The van der Waals surface area contributed by atoms with E-state index in [0.29, 0.717) is 18.9 Å². The van der Waals surface area contributed by atoms with Crippen LogP contribution in [0.5, 0.6) is 0 Å². The van der Waals surface area contributed by atoms with Gasteiger partial charge in [0.1, 0.15) is 5.60 Å². The molecule has 0 spiro atoms. The number of rotatable bonds is 2. The fourth-order valence-corrected chi connectivity index (χ4v) is 2.30. The van der Waals surface area contributed by atoms with E-state index in [9.17, 15) is 5.11 Å². The Kier molecular flexibility index (Phi) is 1.95. The summed E-state index contributed by atoms with van der Waals surface area (Å²) in [5.74, 6) is 0.519. The standard InChI is InChI=1S/C10H19NO2/c1-9(2)10(12,5-6-13-9)8(11)7-3-4-7/h7-8,12H,3-6,11H2,1-2H3. The van der Waals surface area contributed by atoms with Crippen LogP contribution >= 0.6 is 0 Å². The molecule has 1 heterocycles. The summed E-state index contributed by atoms with van der Waals surface area (Å²) in [5.41, 5.74) is 4.78. The molecule has 0 radical (unpaired) electrons. The molecular weight excluding hydrogens is 166 g/mol. The van der Waals surface area contributed by atoms with Gasteiger partial charge in [-0.1, -0.05) is 0 Å². The van der Waals surface area contributed by atoms with Gasteiger partial charge in [-0.25, -0.2) is 0 Å². The van der Waals surface area contributed by atoms with Gasteiger partial charge in [0.05, 0.1) is 12.2 Å². The molecule has 2 atom stereocenters. The average Bonchev–Trinajstić information content (AvgIpc) is 2.81. The van der Waals surface area contributed by atoms with Crippen molar-refractivity contribution in [1.82, 2.24) is 0 Å². The minimum absolute atomic E-state index is 0.106. The summed E-state index contributed by atoms with van der Waals surface area (Å²) < 4.78 is 5.52. The first-order chi connectivity index (χ1) is 5.97. The zero-order chi connectivity index (χ0) is 9.69. The zero-order valence-electron chi connectivity index (χ0n) is 8.42. The van der Waals surface area contributed by atoms with E-state index in [4.69, 9.17) is 10.5 Å². The molecule has 0 bridgehead atoms. The van der Waals surface area contributed by atoms with Gasteiger partial charge in [0.2, 0.25) is 0 Å². The van der Waals surface area contributed by atoms with E-state index >= 15 is 0 Å². The number of hydrogen-bond donors (Lipinski definition) is 2. The Bertz CT molecular complexity index is 213. The normalized spacial score (nSPS) is 40.6. The van der Waals surface area contributed by atoms with Crippen molar-refractivity contribution < 1.29 is 9.84 Å². The SMILES string of the molecule is CC1(C)OCCC1(O)C(N)C1CC1. The highest BCUT2D eigenvalue weighted by molar-refractivity contribution is 5.09. The third-order valence-corrected chi connectivity index (χ3v) is 3.67. The fraction of sp³-hybridized carbons (Fsp3) is 1.00. The summed E-state index contributed by atoms with van der Waals surface area (Å²) in [7, 11) is 0. The molecule has 1 saturated carbocycles. The Balaban J connectivity index is 2.17. The zero-order valence-corrected chi connectivity index (χ0v) is 8.42. The Morgan fingerprint density at radius 1 is 1.46 bits per heavy atom. The Morgan fingerprint density at radius 3 is 2.46 bits per heavy atom. The van der Waals surface area contributed by atoms with E-state index in [2.05, 4.69) is 0 Å². The third kappa shape index (κ3) is 1.30. The van der Waals surface area contributed by atoms with Gasteiger partial charge < -0.3 is 15.6 Å². The molecule has 3 nitrogen and oxygen atoms in total. The number of nitrogens with two attached hydrogens (primary N) is 1. The summed E-state index contributed by atoms with van der Waals surface area (Å²) in [4.78, 5) is 0. The molecular formula is C10H19NO2. The first-order valence-corrected chi connectivity index (χ1v) is 5.09. The fourth-order valence-electron chi connectivity index (χ4n) is 2.30. The minimum Gasteiger partial charge on any atom is -0.385 e. The molecule has 0 amide bonds. The van der Waals surface area contributed by atoms with Gasteiger partial charge >= 0.3 is 0 Å². The van der Waals surface area contributed by atoms with Crippen LogP contribution in [0.4, 0.5) is 0 Å². The highest BCUT2D eigenvalue weighted by Crippen LogP contribution is 2.45. The van der Waals surface area contributed by atoms with Crippen molar-refractivity contribution in [3.05, 3.63) is 0 Å². The molecule has 3 N–H and O–H groups in total. The number of aliphatic hydroxyl groups is 1. The lowest BCUT2D eigenvalue weighted by Crippen LogP contribution is -2.59. The maximum Gasteiger partial charge on any atom is 0.110 e. The first kappa shape index (κ1) is 9.44. The van der Waals surface area contributed by atoms with Crippen LogP contribution in [0, 0.1) is 5.92 Å². The topological polar surface area (TPSA) is 55.5 Å². The molecule has 0 aromatic heterocycles. The van der Waals surface area contributed by atoms with E-state index in [1.807, 2.05) is 13.8 Å². The number of hydrogen-bond acceptors (Lipinski definition) is 3. The lowest BCUT2D eigenvalue weighted by atomic mass is 9.78. The molecule has 1 aliphatic heterocycles. The molecule has 1 aliphatic carbocycles. The van der Waals surface area contributed by atoms with Crippen molar-refractivity contribution in [3.63, 3.8) is 0 Å². The maximum atomic E-state index is 10.4. The van der Waals surface area contributed by atoms with E-state index in [1.165, 1.54) is 12.8 Å². The second kappa shape index (κ2) is 2.69. The van der Waals surface area contributed by atoms with Crippen molar-refractivity contribution in [3.8, 4) is 0 Å². The second-order valence-electron chi connectivity index (χ2n) is 4.90.